The van der Waals surface area contributed by atoms with Crippen LogP contribution >= 0.6 is 0 Å². The number of rotatable bonds is 4. The highest BCUT2D eigenvalue weighted by atomic mass is 16.3. The number of benzene rings is 1. The van der Waals surface area contributed by atoms with E-state index in [1.165, 1.54) is 0 Å². The van der Waals surface area contributed by atoms with Crippen molar-refractivity contribution in [2.75, 3.05) is 0 Å². The van der Waals surface area contributed by atoms with Crippen LogP contribution in [0, 0.1) is 0 Å². The van der Waals surface area contributed by atoms with E-state index in [0.29, 0.717) is 0 Å². The lowest BCUT2D eigenvalue weighted by Crippen LogP contribution is -2.29. The molecule has 0 amide bonds. The highest BCUT2D eigenvalue weighted by Gasteiger charge is 2.16. The summed E-state index contributed by atoms with van der Waals surface area (Å²) in [5, 5.41) is 5.24. The van der Waals surface area contributed by atoms with Crippen LogP contribution in [-0.4, -0.2) is 9.78 Å². The Morgan fingerprint density at radius 1 is 1.42 bits per heavy atom. The minimum Gasteiger partial charge on any atom is -0.459 e. The maximum atomic E-state index is 5.83. The lowest BCUT2D eigenvalue weighted by Gasteiger charge is -2.11. The summed E-state index contributed by atoms with van der Waals surface area (Å²) < 4.78 is 7.61. The fraction of sp³-hybridized carbons (Fsp3) is 0.214. The van der Waals surface area contributed by atoms with Crippen LogP contribution in [0.3, 0.4) is 0 Å². The van der Waals surface area contributed by atoms with E-state index in [0.717, 1.165) is 28.7 Å². The minimum absolute atomic E-state index is 0.0587. The van der Waals surface area contributed by atoms with Gasteiger partial charge in [0.25, 0.3) is 0 Å². The van der Waals surface area contributed by atoms with Crippen LogP contribution in [0.2, 0.25) is 0 Å². The molecule has 0 spiro atoms. The molecule has 1 aromatic carbocycles. The predicted octanol–water partition coefficient (Wildman–Crippen LogP) is 1.91. The van der Waals surface area contributed by atoms with Gasteiger partial charge >= 0.3 is 0 Å². The number of nitrogens with two attached hydrogens (primary N) is 1. The lowest BCUT2D eigenvalue weighted by atomic mass is 10.1. The summed E-state index contributed by atoms with van der Waals surface area (Å²) in [6.07, 6.45) is 4.56. The molecule has 5 heteroatoms. The van der Waals surface area contributed by atoms with Crippen LogP contribution in [-0.2, 0) is 13.5 Å². The molecule has 3 aromatic rings. The largest absolute Gasteiger partial charge is 0.459 e. The molecular weight excluding hydrogens is 240 g/mol. The zero-order chi connectivity index (χ0) is 13.2. The van der Waals surface area contributed by atoms with Crippen molar-refractivity contribution in [2.45, 2.75) is 12.5 Å². The van der Waals surface area contributed by atoms with Crippen molar-refractivity contribution in [3.8, 4) is 0 Å². The average Bonchev–Trinajstić information content (AvgIpc) is 3.01. The Bertz CT molecular complexity index is 652. The molecule has 0 saturated carbocycles. The molecule has 1 atom stereocenters. The second-order valence-corrected chi connectivity index (χ2v) is 4.63. The van der Waals surface area contributed by atoms with E-state index in [-0.39, 0.29) is 6.04 Å². The first kappa shape index (κ1) is 12.0. The predicted molar refractivity (Wildman–Crippen MR) is 73.2 cm³/mol. The summed E-state index contributed by atoms with van der Waals surface area (Å²) in [5.74, 6) is 6.48. The molecule has 2 aromatic heterocycles. The zero-order valence-corrected chi connectivity index (χ0v) is 10.7. The monoisotopic (exact) mass is 256 g/mol. The van der Waals surface area contributed by atoms with Gasteiger partial charge in [-0.3, -0.25) is 10.5 Å². The van der Waals surface area contributed by atoms with E-state index in [9.17, 15) is 0 Å². The number of furan rings is 1. The molecule has 5 nitrogen and oxygen atoms in total. The Balaban J connectivity index is 1.88. The minimum atomic E-state index is -0.0587. The van der Waals surface area contributed by atoms with Gasteiger partial charge in [0, 0.05) is 18.6 Å². The number of aryl methyl sites for hydroxylation is 1. The SMILES string of the molecule is Cn1cc(CC(NN)c2cc3ccccc3o2)cn1. The zero-order valence-electron chi connectivity index (χ0n) is 10.7. The van der Waals surface area contributed by atoms with Crippen molar-refractivity contribution < 1.29 is 4.42 Å². The number of hydrazine groups is 1. The van der Waals surface area contributed by atoms with Crippen molar-refractivity contribution in [1.29, 1.82) is 0 Å². The van der Waals surface area contributed by atoms with Gasteiger partial charge in [-0.15, -0.1) is 0 Å². The Kier molecular flexibility index (Phi) is 3.06. The Hall–Kier alpha value is -2.11. The quantitative estimate of drug-likeness (QED) is 0.552. The van der Waals surface area contributed by atoms with Crippen molar-refractivity contribution in [2.24, 2.45) is 12.9 Å². The highest BCUT2D eigenvalue weighted by molar-refractivity contribution is 5.77. The first-order valence-corrected chi connectivity index (χ1v) is 6.18. The lowest BCUT2D eigenvalue weighted by molar-refractivity contribution is 0.434. The first-order valence-electron chi connectivity index (χ1n) is 6.18. The number of hydrogen-bond donors (Lipinski definition) is 2. The fourth-order valence-corrected chi connectivity index (χ4v) is 2.23. The highest BCUT2D eigenvalue weighted by Crippen LogP contribution is 2.25. The van der Waals surface area contributed by atoms with Crippen molar-refractivity contribution >= 4 is 11.0 Å². The van der Waals surface area contributed by atoms with Crippen molar-refractivity contribution in [3.63, 3.8) is 0 Å². The average molecular weight is 256 g/mol. The van der Waals surface area contributed by atoms with E-state index in [1.54, 1.807) is 4.68 Å². The van der Waals surface area contributed by atoms with E-state index >= 15 is 0 Å². The molecule has 3 rings (SSSR count). The van der Waals surface area contributed by atoms with Gasteiger partial charge in [0.1, 0.15) is 11.3 Å². The maximum Gasteiger partial charge on any atom is 0.134 e. The fourth-order valence-electron chi connectivity index (χ4n) is 2.23. The Morgan fingerprint density at radius 2 is 2.26 bits per heavy atom. The number of fused-ring (bicyclic) bond motifs is 1. The van der Waals surface area contributed by atoms with Gasteiger partial charge in [0.15, 0.2) is 0 Å². The molecule has 19 heavy (non-hydrogen) atoms. The number of nitrogens with zero attached hydrogens (tertiary/aromatic N) is 2. The standard InChI is InChI=1S/C14H16N4O/c1-18-9-10(8-16-18)6-12(17-15)14-7-11-4-2-3-5-13(11)19-14/h2-5,7-9,12,17H,6,15H2,1H3. The van der Waals surface area contributed by atoms with Crippen molar-refractivity contribution in [1.82, 2.24) is 15.2 Å². The third-order valence-electron chi connectivity index (χ3n) is 3.19. The molecule has 0 bridgehead atoms. The molecule has 3 N–H and O–H groups in total. The van der Waals surface area contributed by atoms with E-state index < -0.39 is 0 Å². The molecule has 0 aliphatic heterocycles. The number of hydrogen-bond acceptors (Lipinski definition) is 4. The first-order chi connectivity index (χ1) is 9.26. The third-order valence-corrected chi connectivity index (χ3v) is 3.19. The summed E-state index contributed by atoms with van der Waals surface area (Å²) >= 11 is 0. The third kappa shape index (κ3) is 2.38. The van der Waals surface area contributed by atoms with E-state index in [4.69, 9.17) is 10.3 Å². The summed E-state index contributed by atoms with van der Waals surface area (Å²) in [4.78, 5) is 0. The Morgan fingerprint density at radius 3 is 2.95 bits per heavy atom. The summed E-state index contributed by atoms with van der Waals surface area (Å²) in [6, 6.07) is 9.90. The molecule has 0 saturated heterocycles. The molecule has 0 aliphatic rings. The van der Waals surface area contributed by atoms with E-state index in [2.05, 4.69) is 10.5 Å². The normalized spacial score (nSPS) is 12.9. The molecule has 2 heterocycles. The molecular formula is C14H16N4O. The molecule has 98 valence electrons. The van der Waals surface area contributed by atoms with Crippen LogP contribution in [0.4, 0.5) is 0 Å². The molecule has 0 aliphatic carbocycles. The van der Waals surface area contributed by atoms with Crippen LogP contribution in [0.25, 0.3) is 11.0 Å². The Labute approximate surface area is 111 Å². The van der Waals surface area contributed by atoms with Gasteiger partial charge in [-0.1, -0.05) is 18.2 Å². The topological polar surface area (TPSA) is 69.0 Å². The van der Waals surface area contributed by atoms with Crippen LogP contribution < -0.4 is 11.3 Å². The molecule has 0 radical (unpaired) electrons. The number of para-hydroxylation sites is 1. The number of aromatic nitrogens is 2. The van der Waals surface area contributed by atoms with Crippen molar-refractivity contribution in [3.05, 3.63) is 54.0 Å². The van der Waals surface area contributed by atoms with Gasteiger partial charge in [-0.2, -0.15) is 5.10 Å². The summed E-state index contributed by atoms with van der Waals surface area (Å²) in [6.45, 7) is 0. The second kappa shape index (κ2) is 4.87. The van der Waals surface area contributed by atoms with Gasteiger partial charge in [0.2, 0.25) is 0 Å². The number of nitrogens with one attached hydrogen (secondary N) is 1. The van der Waals surface area contributed by atoms with Crippen LogP contribution in [0.1, 0.15) is 17.4 Å². The van der Waals surface area contributed by atoms with Gasteiger partial charge in [0.05, 0.1) is 12.2 Å². The molecule has 1 unspecified atom stereocenters. The summed E-state index contributed by atoms with van der Waals surface area (Å²) in [5.41, 5.74) is 4.80. The maximum absolute atomic E-state index is 5.83. The van der Waals surface area contributed by atoms with E-state index in [1.807, 2.05) is 49.8 Å². The van der Waals surface area contributed by atoms with Crippen LogP contribution in [0.15, 0.2) is 47.1 Å². The van der Waals surface area contributed by atoms with Gasteiger partial charge in [-0.25, -0.2) is 5.43 Å². The van der Waals surface area contributed by atoms with Crippen LogP contribution in [0.5, 0.6) is 0 Å². The molecule has 0 fully saturated rings. The van der Waals surface area contributed by atoms with Gasteiger partial charge in [-0.05, 0) is 24.1 Å². The summed E-state index contributed by atoms with van der Waals surface area (Å²) in [7, 11) is 1.90. The second-order valence-electron chi connectivity index (χ2n) is 4.63. The van der Waals surface area contributed by atoms with Gasteiger partial charge < -0.3 is 4.42 Å². The smallest absolute Gasteiger partial charge is 0.134 e.